The lowest BCUT2D eigenvalue weighted by atomic mass is 10.1. The van der Waals surface area contributed by atoms with Gasteiger partial charge in [0.05, 0.1) is 16.4 Å². The van der Waals surface area contributed by atoms with E-state index in [2.05, 4.69) is 31.7 Å². The Morgan fingerprint density at radius 3 is 2.87 bits per heavy atom. The Balaban J connectivity index is 1.41. The van der Waals surface area contributed by atoms with Crippen molar-refractivity contribution in [3.63, 3.8) is 0 Å². The fourth-order valence-electron chi connectivity index (χ4n) is 3.86. The third-order valence-corrected chi connectivity index (χ3v) is 6.47. The lowest BCUT2D eigenvalue weighted by Crippen LogP contribution is -2.42. The van der Waals surface area contributed by atoms with E-state index in [0.717, 1.165) is 40.8 Å². The molecule has 4 rings (SSSR count). The maximum Gasteiger partial charge on any atom is 0.317 e. The zero-order chi connectivity index (χ0) is 21.8. The van der Waals surface area contributed by atoms with Gasteiger partial charge in [-0.15, -0.1) is 0 Å². The summed E-state index contributed by atoms with van der Waals surface area (Å²) in [6.07, 6.45) is 7.13. The lowest BCUT2D eigenvalue weighted by molar-refractivity contribution is 0.204. The maximum absolute atomic E-state index is 12.3. The topological polar surface area (TPSA) is 74.6 Å². The lowest BCUT2D eigenvalue weighted by Gasteiger charge is -2.21. The molecule has 2 heterocycles. The molecule has 0 saturated heterocycles. The number of hydrogen-bond donors (Lipinski definition) is 2. The molecule has 0 bridgehead atoms. The molecular formula is C22H26BrClN6O. The molecule has 1 saturated carbocycles. The number of anilines is 1. The normalized spacial score (nSPS) is 14.2. The summed E-state index contributed by atoms with van der Waals surface area (Å²) in [6.45, 7) is 1.36. The van der Waals surface area contributed by atoms with Crippen LogP contribution in [0.3, 0.4) is 0 Å². The minimum Gasteiger partial charge on any atom is -0.370 e. The first-order valence-electron chi connectivity index (χ1n) is 10.6. The number of aromatic nitrogens is 3. The van der Waals surface area contributed by atoms with Gasteiger partial charge in [0, 0.05) is 42.8 Å². The van der Waals surface area contributed by atoms with E-state index >= 15 is 0 Å². The molecule has 2 amide bonds. The van der Waals surface area contributed by atoms with Gasteiger partial charge in [-0.2, -0.15) is 9.61 Å². The van der Waals surface area contributed by atoms with E-state index in [0.29, 0.717) is 29.8 Å². The minimum atomic E-state index is 0.00946. The predicted octanol–water partition coefficient (Wildman–Crippen LogP) is 5.20. The van der Waals surface area contributed by atoms with Crippen LogP contribution in [0, 0.1) is 0 Å². The van der Waals surface area contributed by atoms with Gasteiger partial charge in [0.25, 0.3) is 0 Å². The molecular weight excluding hydrogens is 480 g/mol. The summed E-state index contributed by atoms with van der Waals surface area (Å²) in [6, 6.07) is 9.94. The van der Waals surface area contributed by atoms with Gasteiger partial charge in [-0.05, 0) is 41.3 Å². The largest absolute Gasteiger partial charge is 0.370 e. The third kappa shape index (κ3) is 5.13. The summed E-state index contributed by atoms with van der Waals surface area (Å²) in [5.74, 6) is 0.823. The molecule has 2 N–H and O–H groups in total. The van der Waals surface area contributed by atoms with Crippen molar-refractivity contribution in [2.45, 2.75) is 38.1 Å². The summed E-state index contributed by atoms with van der Waals surface area (Å²) >= 11 is 9.91. The van der Waals surface area contributed by atoms with Crippen LogP contribution >= 0.6 is 27.5 Å². The van der Waals surface area contributed by atoms with E-state index < -0.39 is 0 Å². The molecule has 31 heavy (non-hydrogen) atoms. The van der Waals surface area contributed by atoms with Crippen molar-refractivity contribution in [3.8, 4) is 11.3 Å². The number of halogens is 2. The van der Waals surface area contributed by atoms with Gasteiger partial charge in [0.15, 0.2) is 5.65 Å². The Morgan fingerprint density at radius 1 is 1.32 bits per heavy atom. The number of nitrogens with zero attached hydrogens (tertiary/aromatic N) is 4. The molecule has 3 aromatic rings. The van der Waals surface area contributed by atoms with E-state index in [-0.39, 0.29) is 6.03 Å². The number of carbonyl (C=O) groups is 1. The highest BCUT2D eigenvalue weighted by atomic mass is 79.9. The van der Waals surface area contributed by atoms with Gasteiger partial charge >= 0.3 is 6.03 Å². The Bertz CT molecular complexity index is 1070. The highest BCUT2D eigenvalue weighted by Gasteiger charge is 2.19. The molecule has 1 aliphatic carbocycles. The Labute approximate surface area is 195 Å². The molecule has 0 aliphatic heterocycles. The first-order valence-corrected chi connectivity index (χ1v) is 11.7. The highest BCUT2D eigenvalue weighted by Crippen LogP contribution is 2.30. The van der Waals surface area contributed by atoms with E-state index in [1.54, 1.807) is 15.6 Å². The van der Waals surface area contributed by atoms with Crippen LogP contribution in [0.25, 0.3) is 16.9 Å². The summed E-state index contributed by atoms with van der Waals surface area (Å²) in [7, 11) is 1.84. The molecule has 0 atom stereocenters. The molecule has 164 valence electrons. The van der Waals surface area contributed by atoms with E-state index in [9.17, 15) is 4.79 Å². The second kappa shape index (κ2) is 9.87. The monoisotopic (exact) mass is 504 g/mol. The van der Waals surface area contributed by atoms with Crippen molar-refractivity contribution < 1.29 is 4.79 Å². The molecule has 0 spiro atoms. The smallest absolute Gasteiger partial charge is 0.317 e. The standard InChI is InChI=1S/C22H26BrClN6O/c1-29(22(31)27-15-7-2-3-8-15)12-6-11-25-20-13-19(16-9-4-5-10-18(16)24)28-21-17(23)14-26-30(20)21/h4-5,9-10,13-15,25H,2-3,6-8,11-12H2,1H3,(H,27,31). The summed E-state index contributed by atoms with van der Waals surface area (Å²) in [5, 5.41) is 11.6. The van der Waals surface area contributed by atoms with Crippen LogP contribution < -0.4 is 10.6 Å². The number of carbonyl (C=O) groups excluding carboxylic acids is 1. The molecule has 1 aromatic carbocycles. The average molecular weight is 506 g/mol. The molecule has 0 unspecified atom stereocenters. The molecule has 1 fully saturated rings. The van der Waals surface area contributed by atoms with Crippen LogP contribution in [-0.4, -0.2) is 51.7 Å². The number of hydrogen-bond acceptors (Lipinski definition) is 4. The number of amides is 2. The molecule has 7 nitrogen and oxygen atoms in total. The maximum atomic E-state index is 12.3. The zero-order valence-corrected chi connectivity index (χ0v) is 19.8. The van der Waals surface area contributed by atoms with Gasteiger partial charge in [0.2, 0.25) is 0 Å². The van der Waals surface area contributed by atoms with Gasteiger partial charge < -0.3 is 15.5 Å². The average Bonchev–Trinajstić information content (AvgIpc) is 3.41. The van der Waals surface area contributed by atoms with Crippen molar-refractivity contribution in [1.29, 1.82) is 0 Å². The molecule has 2 aromatic heterocycles. The molecule has 1 aliphatic rings. The van der Waals surface area contributed by atoms with E-state index in [1.165, 1.54) is 12.8 Å². The number of nitrogens with one attached hydrogen (secondary N) is 2. The number of rotatable bonds is 7. The number of urea groups is 1. The van der Waals surface area contributed by atoms with Crippen LogP contribution in [0.1, 0.15) is 32.1 Å². The van der Waals surface area contributed by atoms with Crippen molar-refractivity contribution in [2.24, 2.45) is 0 Å². The van der Waals surface area contributed by atoms with Crippen molar-refractivity contribution in [2.75, 3.05) is 25.5 Å². The van der Waals surface area contributed by atoms with Gasteiger partial charge in [-0.3, -0.25) is 0 Å². The highest BCUT2D eigenvalue weighted by molar-refractivity contribution is 9.10. The van der Waals surface area contributed by atoms with Crippen molar-refractivity contribution >= 4 is 45.0 Å². The van der Waals surface area contributed by atoms with Crippen molar-refractivity contribution in [1.82, 2.24) is 24.8 Å². The Morgan fingerprint density at radius 2 is 2.10 bits per heavy atom. The minimum absolute atomic E-state index is 0.00946. The van der Waals surface area contributed by atoms with Gasteiger partial charge in [0.1, 0.15) is 5.82 Å². The fourth-order valence-corrected chi connectivity index (χ4v) is 4.44. The van der Waals surface area contributed by atoms with Crippen LogP contribution in [0.15, 0.2) is 41.0 Å². The SMILES string of the molecule is CN(CCCNc1cc(-c2ccccc2Cl)nc2c(Br)cnn12)C(=O)NC1CCCC1. The first-order chi connectivity index (χ1) is 15.0. The van der Waals surface area contributed by atoms with Crippen LogP contribution in [0.5, 0.6) is 0 Å². The van der Waals surface area contributed by atoms with Gasteiger partial charge in [-0.1, -0.05) is 42.6 Å². The molecule has 9 heteroatoms. The van der Waals surface area contributed by atoms with Crippen LogP contribution in [0.2, 0.25) is 5.02 Å². The zero-order valence-electron chi connectivity index (χ0n) is 17.4. The van der Waals surface area contributed by atoms with Crippen LogP contribution in [-0.2, 0) is 0 Å². The Kier molecular flexibility index (Phi) is 6.97. The summed E-state index contributed by atoms with van der Waals surface area (Å²) < 4.78 is 2.58. The number of fused-ring (bicyclic) bond motifs is 1. The van der Waals surface area contributed by atoms with E-state index in [4.69, 9.17) is 16.6 Å². The van der Waals surface area contributed by atoms with Gasteiger partial charge in [-0.25, -0.2) is 9.78 Å². The quantitative estimate of drug-likeness (QED) is 0.433. The second-order valence-corrected chi connectivity index (χ2v) is 9.13. The second-order valence-electron chi connectivity index (χ2n) is 7.87. The van der Waals surface area contributed by atoms with Crippen molar-refractivity contribution in [3.05, 3.63) is 46.0 Å². The van der Waals surface area contributed by atoms with Crippen LogP contribution in [0.4, 0.5) is 10.6 Å². The Hall–Kier alpha value is -2.32. The summed E-state index contributed by atoms with van der Waals surface area (Å²) in [5.41, 5.74) is 2.36. The number of benzene rings is 1. The first kappa shape index (κ1) is 21.9. The predicted molar refractivity (Wildman–Crippen MR) is 128 cm³/mol. The molecule has 0 radical (unpaired) electrons. The fraction of sp³-hybridized carbons (Fsp3) is 0.409. The summed E-state index contributed by atoms with van der Waals surface area (Å²) in [4.78, 5) is 18.8. The van der Waals surface area contributed by atoms with E-state index in [1.807, 2.05) is 37.4 Å². The third-order valence-electron chi connectivity index (χ3n) is 5.58.